The summed E-state index contributed by atoms with van der Waals surface area (Å²) in [5, 5.41) is 10.8. The molecule has 122 valence electrons. The first kappa shape index (κ1) is 14.9. The second-order valence-electron chi connectivity index (χ2n) is 5.50. The van der Waals surface area contributed by atoms with Crippen molar-refractivity contribution in [1.29, 1.82) is 0 Å². The molecule has 0 N–H and O–H groups in total. The zero-order chi connectivity index (χ0) is 17.4. The summed E-state index contributed by atoms with van der Waals surface area (Å²) in [5.74, 6) is 0.653. The smallest absolute Gasteiger partial charge is 0.269 e. The van der Waals surface area contributed by atoms with Crippen LogP contribution in [0.3, 0.4) is 0 Å². The minimum Gasteiger partial charge on any atom is -0.303 e. The molecule has 0 spiro atoms. The second kappa shape index (κ2) is 5.79. The predicted octanol–water partition coefficient (Wildman–Crippen LogP) is 3.74. The molecule has 0 radical (unpaired) electrons. The molecule has 0 aliphatic rings. The topological polar surface area (TPSA) is 86.7 Å². The molecule has 0 unspecified atom stereocenters. The molecule has 0 saturated heterocycles. The quantitative estimate of drug-likeness (QED) is 0.323. The molecule has 0 aliphatic carbocycles. The Morgan fingerprint density at radius 2 is 1.72 bits per heavy atom. The van der Waals surface area contributed by atoms with Crippen LogP contribution in [0.4, 0.5) is 5.69 Å². The third-order valence-electron chi connectivity index (χ3n) is 3.91. The number of imidazole rings is 1. The fourth-order valence-electron chi connectivity index (χ4n) is 2.75. The first-order valence-electron chi connectivity index (χ1n) is 7.66. The molecule has 2 heterocycles. The lowest BCUT2D eigenvalue weighted by Crippen LogP contribution is -2.00. The van der Waals surface area contributed by atoms with Gasteiger partial charge >= 0.3 is 0 Å². The average molecular weight is 331 g/mol. The molecule has 0 amide bonds. The number of nitro benzene ring substituents is 1. The van der Waals surface area contributed by atoms with Crippen LogP contribution >= 0.6 is 0 Å². The number of fused-ring (bicyclic) bond motifs is 2. The Bertz CT molecular complexity index is 1120. The van der Waals surface area contributed by atoms with Crippen molar-refractivity contribution < 1.29 is 4.92 Å². The fraction of sp³-hybridized carbons (Fsp3) is 0.0556. The molecule has 0 atom stereocenters. The van der Waals surface area contributed by atoms with Gasteiger partial charge in [-0.1, -0.05) is 18.2 Å². The summed E-state index contributed by atoms with van der Waals surface area (Å²) >= 11 is 0. The Morgan fingerprint density at radius 1 is 1.04 bits per heavy atom. The molecule has 0 aliphatic heterocycles. The van der Waals surface area contributed by atoms with Crippen LogP contribution in [-0.2, 0) is 6.54 Å². The summed E-state index contributed by atoms with van der Waals surface area (Å²) in [5.41, 5.74) is 3.55. The first-order valence-corrected chi connectivity index (χ1v) is 7.66. The third kappa shape index (κ3) is 2.51. The Balaban J connectivity index is 1.95. The highest BCUT2D eigenvalue weighted by molar-refractivity contribution is 5.84. The van der Waals surface area contributed by atoms with E-state index >= 15 is 0 Å². The van der Waals surface area contributed by atoms with E-state index in [1.807, 2.05) is 28.8 Å². The van der Waals surface area contributed by atoms with E-state index in [0.29, 0.717) is 23.7 Å². The van der Waals surface area contributed by atoms with Crippen molar-refractivity contribution in [2.24, 2.45) is 0 Å². The summed E-state index contributed by atoms with van der Waals surface area (Å²) < 4.78 is 1.91. The highest BCUT2D eigenvalue weighted by Crippen LogP contribution is 2.26. The van der Waals surface area contributed by atoms with Crippen molar-refractivity contribution in [1.82, 2.24) is 19.5 Å². The van der Waals surface area contributed by atoms with Crippen LogP contribution in [0.1, 0.15) is 0 Å². The molecule has 4 rings (SSSR count). The molecule has 2 aromatic heterocycles. The molecule has 7 heteroatoms. The van der Waals surface area contributed by atoms with Gasteiger partial charge < -0.3 is 4.57 Å². The SMILES string of the molecule is C=CCn1c(-c2ccc([N+](=O)[O-])cc2)nc2nc3ccccc3nc21. The number of hydrogen-bond acceptors (Lipinski definition) is 5. The van der Waals surface area contributed by atoms with Crippen molar-refractivity contribution in [3.8, 4) is 11.4 Å². The predicted molar refractivity (Wildman–Crippen MR) is 95.1 cm³/mol. The van der Waals surface area contributed by atoms with Gasteiger partial charge in [0.25, 0.3) is 5.69 Å². The summed E-state index contributed by atoms with van der Waals surface area (Å²) in [4.78, 5) is 24.3. The Labute approximate surface area is 142 Å². The minimum atomic E-state index is -0.424. The lowest BCUT2D eigenvalue weighted by molar-refractivity contribution is -0.384. The maximum atomic E-state index is 10.8. The highest BCUT2D eigenvalue weighted by atomic mass is 16.6. The van der Waals surface area contributed by atoms with E-state index in [9.17, 15) is 10.1 Å². The van der Waals surface area contributed by atoms with E-state index < -0.39 is 4.92 Å². The van der Waals surface area contributed by atoms with Gasteiger partial charge in [0.15, 0.2) is 11.3 Å². The number of allylic oxidation sites excluding steroid dienone is 1. The van der Waals surface area contributed by atoms with E-state index in [0.717, 1.165) is 16.6 Å². The molecule has 0 bridgehead atoms. The highest BCUT2D eigenvalue weighted by Gasteiger charge is 2.16. The van der Waals surface area contributed by atoms with E-state index in [-0.39, 0.29) is 5.69 Å². The molecule has 2 aromatic carbocycles. The molecule has 0 fully saturated rings. The lowest BCUT2D eigenvalue weighted by Gasteiger charge is -2.05. The molecule has 0 saturated carbocycles. The van der Waals surface area contributed by atoms with E-state index in [2.05, 4.69) is 21.5 Å². The number of non-ortho nitro benzene ring substituents is 1. The summed E-state index contributed by atoms with van der Waals surface area (Å²) in [6.07, 6.45) is 1.76. The van der Waals surface area contributed by atoms with Gasteiger partial charge in [-0.2, -0.15) is 0 Å². The summed E-state index contributed by atoms with van der Waals surface area (Å²) in [6, 6.07) is 13.9. The van der Waals surface area contributed by atoms with Gasteiger partial charge in [0, 0.05) is 24.2 Å². The maximum Gasteiger partial charge on any atom is 0.269 e. The zero-order valence-corrected chi connectivity index (χ0v) is 13.2. The van der Waals surface area contributed by atoms with Crippen molar-refractivity contribution >= 4 is 28.0 Å². The van der Waals surface area contributed by atoms with Crippen molar-refractivity contribution in [3.63, 3.8) is 0 Å². The Hall–Kier alpha value is -3.61. The standard InChI is InChI=1S/C18H13N5O2/c1-2-11-22-17(12-7-9-13(10-8-12)23(24)25)21-16-18(22)20-15-6-4-3-5-14(15)19-16/h2-10H,1,11H2. The third-order valence-corrected chi connectivity index (χ3v) is 3.91. The summed E-state index contributed by atoms with van der Waals surface area (Å²) in [7, 11) is 0. The average Bonchev–Trinajstić information content (AvgIpc) is 2.98. The molecule has 25 heavy (non-hydrogen) atoms. The van der Waals surface area contributed by atoms with Gasteiger partial charge in [0.2, 0.25) is 0 Å². The second-order valence-corrected chi connectivity index (χ2v) is 5.50. The number of aromatic nitrogens is 4. The van der Waals surface area contributed by atoms with Crippen LogP contribution in [-0.4, -0.2) is 24.4 Å². The lowest BCUT2D eigenvalue weighted by atomic mass is 10.2. The van der Waals surface area contributed by atoms with Crippen LogP contribution in [0.2, 0.25) is 0 Å². The van der Waals surface area contributed by atoms with Crippen LogP contribution in [0, 0.1) is 10.1 Å². The molecule has 4 aromatic rings. The number of rotatable bonds is 4. The van der Waals surface area contributed by atoms with Gasteiger partial charge in [-0.3, -0.25) is 10.1 Å². The van der Waals surface area contributed by atoms with Crippen LogP contribution in [0.5, 0.6) is 0 Å². The maximum absolute atomic E-state index is 10.8. The van der Waals surface area contributed by atoms with Crippen molar-refractivity contribution in [3.05, 3.63) is 71.3 Å². The number of hydrogen-bond donors (Lipinski definition) is 0. The molecular weight excluding hydrogens is 318 g/mol. The number of nitrogens with zero attached hydrogens (tertiary/aromatic N) is 5. The fourth-order valence-corrected chi connectivity index (χ4v) is 2.75. The Kier molecular flexibility index (Phi) is 3.46. The van der Waals surface area contributed by atoms with E-state index in [1.54, 1.807) is 18.2 Å². The molecular formula is C18H13N5O2. The monoisotopic (exact) mass is 331 g/mol. The normalized spacial score (nSPS) is 11.0. The van der Waals surface area contributed by atoms with Gasteiger partial charge in [0.05, 0.1) is 16.0 Å². The van der Waals surface area contributed by atoms with E-state index in [4.69, 9.17) is 0 Å². The van der Waals surface area contributed by atoms with Gasteiger partial charge in [-0.15, -0.1) is 6.58 Å². The van der Waals surface area contributed by atoms with Crippen molar-refractivity contribution in [2.45, 2.75) is 6.54 Å². The Morgan fingerprint density at radius 3 is 2.36 bits per heavy atom. The number of benzene rings is 2. The summed E-state index contributed by atoms with van der Waals surface area (Å²) in [6.45, 7) is 4.30. The van der Waals surface area contributed by atoms with Crippen molar-refractivity contribution in [2.75, 3.05) is 0 Å². The van der Waals surface area contributed by atoms with Crippen LogP contribution in [0.25, 0.3) is 33.7 Å². The molecule has 7 nitrogen and oxygen atoms in total. The van der Waals surface area contributed by atoms with E-state index in [1.165, 1.54) is 12.1 Å². The number of nitro groups is 1. The zero-order valence-electron chi connectivity index (χ0n) is 13.2. The largest absolute Gasteiger partial charge is 0.303 e. The first-order chi connectivity index (χ1) is 12.2. The van der Waals surface area contributed by atoms with Gasteiger partial charge in [0.1, 0.15) is 5.82 Å². The van der Waals surface area contributed by atoms with Gasteiger partial charge in [-0.25, -0.2) is 15.0 Å². The van der Waals surface area contributed by atoms with Gasteiger partial charge in [-0.05, 0) is 24.3 Å². The van der Waals surface area contributed by atoms with Crippen LogP contribution < -0.4 is 0 Å². The van der Waals surface area contributed by atoms with Crippen LogP contribution in [0.15, 0.2) is 61.2 Å². The minimum absolute atomic E-state index is 0.0390. The number of para-hydroxylation sites is 2.